The Morgan fingerprint density at radius 3 is 2.82 bits per heavy atom. The van der Waals surface area contributed by atoms with Gasteiger partial charge in [-0.05, 0) is 36.1 Å². The Bertz CT molecular complexity index is 548. The summed E-state index contributed by atoms with van der Waals surface area (Å²) >= 11 is 0. The van der Waals surface area contributed by atoms with Crippen molar-refractivity contribution in [3.63, 3.8) is 0 Å². The SMILES string of the molecule is Fc1cccc(-c2cccc3c2NCCC3)c1. The van der Waals surface area contributed by atoms with Crippen LogP contribution in [0.5, 0.6) is 0 Å². The van der Waals surface area contributed by atoms with Gasteiger partial charge in [0.15, 0.2) is 0 Å². The molecule has 0 unspecified atom stereocenters. The first-order valence-electron chi connectivity index (χ1n) is 5.96. The molecule has 0 fully saturated rings. The van der Waals surface area contributed by atoms with Gasteiger partial charge in [-0.3, -0.25) is 0 Å². The average molecular weight is 227 g/mol. The Morgan fingerprint density at radius 1 is 1.06 bits per heavy atom. The topological polar surface area (TPSA) is 12.0 Å². The monoisotopic (exact) mass is 227 g/mol. The zero-order valence-electron chi connectivity index (χ0n) is 9.54. The van der Waals surface area contributed by atoms with Crippen molar-refractivity contribution >= 4 is 5.69 Å². The molecule has 0 spiro atoms. The quantitative estimate of drug-likeness (QED) is 0.780. The van der Waals surface area contributed by atoms with Gasteiger partial charge in [0.1, 0.15) is 5.82 Å². The summed E-state index contributed by atoms with van der Waals surface area (Å²) in [7, 11) is 0. The van der Waals surface area contributed by atoms with Gasteiger partial charge in [0.2, 0.25) is 0 Å². The van der Waals surface area contributed by atoms with E-state index in [-0.39, 0.29) is 5.82 Å². The van der Waals surface area contributed by atoms with Crippen molar-refractivity contribution in [2.24, 2.45) is 0 Å². The molecular formula is C15H14FN. The van der Waals surface area contributed by atoms with Crippen LogP contribution >= 0.6 is 0 Å². The van der Waals surface area contributed by atoms with E-state index in [0.29, 0.717) is 0 Å². The standard InChI is InChI=1S/C15H14FN/c16-13-7-1-5-12(10-13)14-8-2-4-11-6-3-9-17-15(11)14/h1-2,4-5,7-8,10,17H,3,6,9H2. The molecule has 0 radical (unpaired) electrons. The van der Waals surface area contributed by atoms with E-state index in [2.05, 4.69) is 11.4 Å². The first kappa shape index (κ1) is 10.3. The molecule has 1 aliphatic rings. The molecule has 1 N–H and O–H groups in total. The number of nitrogens with one attached hydrogen (secondary N) is 1. The molecule has 0 saturated carbocycles. The first-order chi connectivity index (χ1) is 8.34. The van der Waals surface area contributed by atoms with Crippen LogP contribution in [0.15, 0.2) is 42.5 Å². The van der Waals surface area contributed by atoms with Crippen LogP contribution in [0.25, 0.3) is 11.1 Å². The lowest BCUT2D eigenvalue weighted by Gasteiger charge is -2.21. The number of hydrogen-bond acceptors (Lipinski definition) is 1. The summed E-state index contributed by atoms with van der Waals surface area (Å²) in [5.74, 6) is -0.184. The molecule has 1 aliphatic heterocycles. The lowest BCUT2D eigenvalue weighted by atomic mass is 9.95. The summed E-state index contributed by atoms with van der Waals surface area (Å²) < 4.78 is 13.3. The van der Waals surface area contributed by atoms with E-state index in [1.54, 1.807) is 12.1 Å². The normalized spacial score (nSPS) is 13.9. The molecule has 2 heteroatoms. The van der Waals surface area contributed by atoms with Crippen LogP contribution in [-0.2, 0) is 6.42 Å². The number of halogens is 1. The Balaban J connectivity index is 2.14. The van der Waals surface area contributed by atoms with Gasteiger partial charge < -0.3 is 5.32 Å². The second kappa shape index (κ2) is 4.21. The van der Waals surface area contributed by atoms with E-state index in [9.17, 15) is 4.39 Å². The predicted octanol–water partition coefficient (Wildman–Crippen LogP) is 3.85. The van der Waals surface area contributed by atoms with E-state index in [1.807, 2.05) is 18.2 Å². The Morgan fingerprint density at radius 2 is 1.94 bits per heavy atom. The van der Waals surface area contributed by atoms with Crippen molar-refractivity contribution in [2.75, 3.05) is 11.9 Å². The Kier molecular flexibility index (Phi) is 2.56. The molecule has 86 valence electrons. The van der Waals surface area contributed by atoms with Crippen molar-refractivity contribution in [3.05, 3.63) is 53.8 Å². The second-order valence-electron chi connectivity index (χ2n) is 4.38. The third kappa shape index (κ3) is 1.91. The zero-order valence-corrected chi connectivity index (χ0v) is 9.54. The summed E-state index contributed by atoms with van der Waals surface area (Å²) in [6, 6.07) is 13.0. The number of aryl methyl sites for hydroxylation is 1. The fourth-order valence-corrected chi connectivity index (χ4v) is 2.41. The molecule has 0 aromatic heterocycles. The Labute approximate surface area is 100 Å². The average Bonchev–Trinajstić information content (AvgIpc) is 2.38. The molecule has 0 atom stereocenters. The van der Waals surface area contributed by atoms with Crippen molar-refractivity contribution in [3.8, 4) is 11.1 Å². The van der Waals surface area contributed by atoms with Gasteiger partial charge in [0, 0.05) is 17.8 Å². The Hall–Kier alpha value is -1.83. The van der Waals surface area contributed by atoms with Crippen LogP contribution in [0.2, 0.25) is 0 Å². The summed E-state index contributed by atoms with van der Waals surface area (Å²) in [6.45, 7) is 0.999. The van der Waals surface area contributed by atoms with E-state index in [1.165, 1.54) is 23.7 Å². The molecule has 1 heterocycles. The predicted molar refractivity (Wildman–Crippen MR) is 68.6 cm³/mol. The highest BCUT2D eigenvalue weighted by atomic mass is 19.1. The number of benzene rings is 2. The first-order valence-corrected chi connectivity index (χ1v) is 5.96. The summed E-state index contributed by atoms with van der Waals surface area (Å²) in [4.78, 5) is 0. The number of fused-ring (bicyclic) bond motifs is 1. The minimum absolute atomic E-state index is 0.184. The highest BCUT2D eigenvalue weighted by Crippen LogP contribution is 2.33. The maximum absolute atomic E-state index is 13.3. The molecule has 1 nitrogen and oxygen atoms in total. The van der Waals surface area contributed by atoms with Gasteiger partial charge in [0.25, 0.3) is 0 Å². The zero-order chi connectivity index (χ0) is 11.7. The van der Waals surface area contributed by atoms with E-state index < -0.39 is 0 Å². The molecule has 0 amide bonds. The van der Waals surface area contributed by atoms with Crippen molar-refractivity contribution in [1.82, 2.24) is 0 Å². The maximum atomic E-state index is 13.3. The number of para-hydroxylation sites is 1. The molecule has 2 aromatic rings. The van der Waals surface area contributed by atoms with Crippen LogP contribution in [0.3, 0.4) is 0 Å². The summed E-state index contributed by atoms with van der Waals surface area (Å²) in [6.07, 6.45) is 2.27. The lowest BCUT2D eigenvalue weighted by Crippen LogP contribution is -2.12. The maximum Gasteiger partial charge on any atom is 0.123 e. The minimum atomic E-state index is -0.184. The number of anilines is 1. The summed E-state index contributed by atoms with van der Waals surface area (Å²) in [5.41, 5.74) is 4.54. The van der Waals surface area contributed by atoms with Gasteiger partial charge in [-0.1, -0.05) is 30.3 Å². The van der Waals surface area contributed by atoms with E-state index in [4.69, 9.17) is 0 Å². The molecule has 2 aromatic carbocycles. The fraction of sp³-hybridized carbons (Fsp3) is 0.200. The van der Waals surface area contributed by atoms with Crippen LogP contribution < -0.4 is 5.32 Å². The van der Waals surface area contributed by atoms with E-state index in [0.717, 1.165) is 24.1 Å². The minimum Gasteiger partial charge on any atom is -0.384 e. The van der Waals surface area contributed by atoms with Gasteiger partial charge in [0.05, 0.1) is 0 Å². The highest BCUT2D eigenvalue weighted by Gasteiger charge is 2.13. The molecule has 3 rings (SSSR count). The second-order valence-corrected chi connectivity index (χ2v) is 4.38. The van der Waals surface area contributed by atoms with Gasteiger partial charge >= 0.3 is 0 Å². The van der Waals surface area contributed by atoms with Crippen molar-refractivity contribution < 1.29 is 4.39 Å². The van der Waals surface area contributed by atoms with Crippen molar-refractivity contribution in [2.45, 2.75) is 12.8 Å². The van der Waals surface area contributed by atoms with Gasteiger partial charge in [-0.15, -0.1) is 0 Å². The smallest absolute Gasteiger partial charge is 0.123 e. The lowest BCUT2D eigenvalue weighted by molar-refractivity contribution is 0.628. The van der Waals surface area contributed by atoms with Gasteiger partial charge in [-0.25, -0.2) is 4.39 Å². The van der Waals surface area contributed by atoms with E-state index >= 15 is 0 Å². The number of rotatable bonds is 1. The van der Waals surface area contributed by atoms with Crippen LogP contribution in [0, 0.1) is 5.82 Å². The van der Waals surface area contributed by atoms with Crippen LogP contribution in [0.1, 0.15) is 12.0 Å². The van der Waals surface area contributed by atoms with Crippen LogP contribution in [-0.4, -0.2) is 6.54 Å². The largest absolute Gasteiger partial charge is 0.384 e. The van der Waals surface area contributed by atoms with Crippen molar-refractivity contribution in [1.29, 1.82) is 0 Å². The van der Waals surface area contributed by atoms with Crippen LogP contribution in [0.4, 0.5) is 10.1 Å². The molecule has 0 bridgehead atoms. The third-order valence-electron chi connectivity index (χ3n) is 3.21. The fourth-order valence-electron chi connectivity index (χ4n) is 2.41. The molecule has 0 saturated heterocycles. The molecule has 17 heavy (non-hydrogen) atoms. The number of hydrogen-bond donors (Lipinski definition) is 1. The third-order valence-corrected chi connectivity index (χ3v) is 3.21. The molecular weight excluding hydrogens is 213 g/mol. The van der Waals surface area contributed by atoms with Gasteiger partial charge in [-0.2, -0.15) is 0 Å². The molecule has 0 aliphatic carbocycles. The summed E-state index contributed by atoms with van der Waals surface area (Å²) in [5, 5.41) is 3.43. The highest BCUT2D eigenvalue weighted by molar-refractivity contribution is 5.80.